The molecule has 1 heterocycles. The molecule has 0 aromatic carbocycles. The minimum Gasteiger partial charge on any atom is -0.298 e. The third-order valence-corrected chi connectivity index (χ3v) is 6.94. The zero-order chi connectivity index (χ0) is 19.2. The van der Waals surface area contributed by atoms with E-state index in [-0.39, 0.29) is 0 Å². The topological polar surface area (TPSA) is 6.48 Å². The van der Waals surface area contributed by atoms with Crippen molar-refractivity contribution in [3.63, 3.8) is 0 Å². The molecule has 0 saturated carbocycles. The molecule has 0 radical (unpaired) electrons. The third kappa shape index (κ3) is 6.19. The Hall–Kier alpha value is -1.12. The molecule has 2 heteroatoms. The van der Waals surface area contributed by atoms with Crippen LogP contribution in [0.3, 0.4) is 0 Å². The van der Waals surface area contributed by atoms with E-state index in [2.05, 4.69) is 49.0 Å². The van der Waals surface area contributed by atoms with Gasteiger partial charge in [0.25, 0.3) is 0 Å². The van der Waals surface area contributed by atoms with Gasteiger partial charge in [0.1, 0.15) is 0 Å². The van der Waals surface area contributed by atoms with Crippen LogP contribution in [0, 0.1) is 11.8 Å². The normalized spacial score (nSPS) is 28.2. The van der Waals surface area contributed by atoms with Crippen LogP contribution in [0.2, 0.25) is 0 Å². The average Bonchev–Trinajstić information content (AvgIpc) is 2.88. The second kappa shape index (κ2) is 9.89. The van der Waals surface area contributed by atoms with E-state index in [1.807, 2.05) is 0 Å². The van der Waals surface area contributed by atoms with E-state index in [0.717, 1.165) is 11.8 Å². The quantitative estimate of drug-likeness (QED) is 0.563. The second-order valence-corrected chi connectivity index (χ2v) is 9.27. The molecule has 2 atom stereocenters. The predicted molar refractivity (Wildman–Crippen MR) is 118 cm³/mol. The molecule has 2 nitrogen and oxygen atoms in total. The van der Waals surface area contributed by atoms with Crippen LogP contribution >= 0.6 is 0 Å². The third-order valence-electron chi connectivity index (χ3n) is 6.94. The Morgan fingerprint density at radius 1 is 0.815 bits per heavy atom. The molecule has 1 saturated heterocycles. The first-order chi connectivity index (χ1) is 13.0. The van der Waals surface area contributed by atoms with Gasteiger partial charge in [-0.25, -0.2) is 0 Å². The van der Waals surface area contributed by atoms with E-state index in [0.29, 0.717) is 0 Å². The number of nitrogens with zero attached hydrogens (tertiary/aromatic N) is 2. The van der Waals surface area contributed by atoms with Crippen molar-refractivity contribution in [3.8, 4) is 0 Å². The highest BCUT2D eigenvalue weighted by atomic mass is 15.2. The van der Waals surface area contributed by atoms with E-state index in [4.69, 9.17) is 0 Å². The Balaban J connectivity index is 1.43. The lowest BCUT2D eigenvalue weighted by molar-refractivity contribution is 0.273. The van der Waals surface area contributed by atoms with Crippen molar-refractivity contribution in [3.05, 3.63) is 47.6 Å². The van der Waals surface area contributed by atoms with Crippen LogP contribution in [-0.2, 0) is 0 Å². The van der Waals surface area contributed by atoms with Gasteiger partial charge in [-0.2, -0.15) is 0 Å². The van der Waals surface area contributed by atoms with E-state index in [1.54, 1.807) is 11.1 Å². The van der Waals surface area contributed by atoms with Gasteiger partial charge >= 0.3 is 0 Å². The molecule has 0 aromatic rings. The minimum absolute atomic E-state index is 0.724. The first-order valence-electron chi connectivity index (χ1n) is 11.1. The van der Waals surface area contributed by atoms with Gasteiger partial charge < -0.3 is 0 Å². The summed E-state index contributed by atoms with van der Waals surface area (Å²) in [5, 5.41) is 0. The van der Waals surface area contributed by atoms with E-state index >= 15 is 0 Å². The molecule has 3 aliphatic rings. The van der Waals surface area contributed by atoms with Gasteiger partial charge in [-0.15, -0.1) is 0 Å². The van der Waals surface area contributed by atoms with Crippen molar-refractivity contribution in [2.24, 2.45) is 11.8 Å². The van der Waals surface area contributed by atoms with Crippen LogP contribution in [-0.4, -0.2) is 49.1 Å². The van der Waals surface area contributed by atoms with Crippen LogP contribution in [0.15, 0.2) is 47.6 Å². The monoisotopic (exact) mass is 368 g/mol. The molecule has 150 valence electrons. The highest BCUT2D eigenvalue weighted by Crippen LogP contribution is 2.30. The fourth-order valence-corrected chi connectivity index (χ4v) is 4.87. The van der Waals surface area contributed by atoms with Gasteiger partial charge in [-0.3, -0.25) is 9.80 Å². The van der Waals surface area contributed by atoms with Crippen LogP contribution in [0.1, 0.15) is 58.8 Å². The van der Waals surface area contributed by atoms with Gasteiger partial charge in [0.2, 0.25) is 0 Å². The Morgan fingerprint density at radius 3 is 1.59 bits per heavy atom. The lowest BCUT2D eigenvalue weighted by Crippen LogP contribution is -2.33. The Kier molecular flexibility index (Phi) is 7.55. The molecular formula is C25H40N2. The summed E-state index contributed by atoms with van der Waals surface area (Å²) in [4.78, 5) is 5.39. The van der Waals surface area contributed by atoms with Crippen molar-refractivity contribution in [1.82, 2.24) is 9.80 Å². The number of rotatable bonds is 6. The highest BCUT2D eigenvalue weighted by Gasteiger charge is 2.21. The van der Waals surface area contributed by atoms with Gasteiger partial charge in [0.15, 0.2) is 0 Å². The molecule has 1 fully saturated rings. The van der Waals surface area contributed by atoms with Crippen LogP contribution in [0.5, 0.6) is 0 Å². The van der Waals surface area contributed by atoms with E-state index < -0.39 is 0 Å². The van der Waals surface area contributed by atoms with E-state index in [1.165, 1.54) is 95.4 Å². The molecule has 1 aliphatic heterocycles. The molecule has 0 bridgehead atoms. The van der Waals surface area contributed by atoms with E-state index in [9.17, 15) is 0 Å². The number of hydrogen-bond acceptors (Lipinski definition) is 2. The molecule has 2 aliphatic carbocycles. The Labute approximate surface area is 167 Å². The Morgan fingerprint density at radius 2 is 1.26 bits per heavy atom. The van der Waals surface area contributed by atoms with Crippen molar-refractivity contribution in [1.29, 1.82) is 0 Å². The van der Waals surface area contributed by atoms with Gasteiger partial charge in [-0.1, -0.05) is 47.6 Å². The summed E-state index contributed by atoms with van der Waals surface area (Å²) < 4.78 is 0. The maximum atomic E-state index is 4.15. The molecule has 27 heavy (non-hydrogen) atoms. The molecule has 0 N–H and O–H groups in total. The highest BCUT2D eigenvalue weighted by molar-refractivity contribution is 5.15. The molecule has 0 aromatic heterocycles. The minimum atomic E-state index is 0.724. The van der Waals surface area contributed by atoms with Gasteiger partial charge in [0.05, 0.1) is 0 Å². The summed E-state index contributed by atoms with van der Waals surface area (Å²) in [6.45, 7) is 20.0. The summed E-state index contributed by atoms with van der Waals surface area (Å²) in [7, 11) is 0. The van der Waals surface area contributed by atoms with Gasteiger partial charge in [0, 0.05) is 26.2 Å². The zero-order valence-corrected chi connectivity index (χ0v) is 17.8. The average molecular weight is 369 g/mol. The first kappa shape index (κ1) is 20.6. The summed E-state index contributed by atoms with van der Waals surface area (Å²) in [6.07, 6.45) is 13.9. The summed E-state index contributed by atoms with van der Waals surface area (Å²) >= 11 is 0. The molecular weight excluding hydrogens is 328 g/mol. The maximum absolute atomic E-state index is 4.15. The standard InChI is InChI=1S/C25H40N2/c1-20(2)24-10-6-22(7-11-24)18-26-14-5-15-27(17-16-26)19-23-8-12-25(13-9-23)21(3)4/h6,8,24-25H,1,3,5,7,9-19H2,2,4H3/t24-,25-/m1/s1. The summed E-state index contributed by atoms with van der Waals surface area (Å²) in [6, 6.07) is 0. The fraction of sp³-hybridized carbons (Fsp3) is 0.680. The Bertz CT molecular complexity index is 545. The van der Waals surface area contributed by atoms with Crippen LogP contribution in [0.25, 0.3) is 0 Å². The van der Waals surface area contributed by atoms with Crippen molar-refractivity contribution < 1.29 is 0 Å². The zero-order valence-electron chi connectivity index (χ0n) is 17.8. The van der Waals surface area contributed by atoms with Crippen LogP contribution < -0.4 is 0 Å². The summed E-state index contributed by atoms with van der Waals surface area (Å²) in [5.41, 5.74) is 6.06. The lowest BCUT2D eigenvalue weighted by atomic mass is 9.85. The lowest BCUT2D eigenvalue weighted by Gasteiger charge is -2.28. The smallest absolute Gasteiger partial charge is 0.0193 e. The molecule has 0 amide bonds. The number of hydrogen-bond donors (Lipinski definition) is 0. The van der Waals surface area contributed by atoms with Crippen LogP contribution in [0.4, 0.5) is 0 Å². The SMILES string of the molecule is C=C(C)[C@@H]1CC=C(CN2CCCN(CC3=CC[C@@H](C(=C)C)CC3)CC2)CC1. The largest absolute Gasteiger partial charge is 0.298 e. The summed E-state index contributed by atoms with van der Waals surface area (Å²) in [5.74, 6) is 1.45. The van der Waals surface area contributed by atoms with Gasteiger partial charge in [-0.05, 0) is 83.7 Å². The van der Waals surface area contributed by atoms with Crippen molar-refractivity contribution in [2.45, 2.75) is 58.8 Å². The van der Waals surface area contributed by atoms with Crippen molar-refractivity contribution in [2.75, 3.05) is 39.3 Å². The molecule has 0 spiro atoms. The molecule has 0 unspecified atom stereocenters. The second-order valence-electron chi connectivity index (χ2n) is 9.27. The first-order valence-corrected chi connectivity index (χ1v) is 11.1. The number of allylic oxidation sites excluding steroid dienone is 4. The molecule has 3 rings (SSSR count). The fourth-order valence-electron chi connectivity index (χ4n) is 4.87. The maximum Gasteiger partial charge on any atom is 0.0193 e. The predicted octanol–water partition coefficient (Wildman–Crippen LogP) is 5.60. The van der Waals surface area contributed by atoms with Crippen molar-refractivity contribution >= 4 is 0 Å².